The van der Waals surface area contributed by atoms with E-state index in [4.69, 9.17) is 5.11 Å². The first-order chi connectivity index (χ1) is 9.69. The Labute approximate surface area is 125 Å². The molecule has 0 spiro atoms. The molecule has 2 unspecified atom stereocenters. The van der Waals surface area contributed by atoms with E-state index >= 15 is 0 Å². The first-order valence-electron chi connectivity index (χ1n) is 7.13. The fourth-order valence-electron chi connectivity index (χ4n) is 2.37. The SMILES string of the molecule is CC(C)CC(CNC(=O)CC1CS(=O)(=O)CCN1)C(=O)O. The van der Waals surface area contributed by atoms with E-state index in [0.717, 1.165) is 0 Å². The summed E-state index contributed by atoms with van der Waals surface area (Å²) in [5, 5.41) is 14.7. The summed E-state index contributed by atoms with van der Waals surface area (Å²) in [6.45, 7) is 4.28. The first kappa shape index (κ1) is 17.9. The van der Waals surface area contributed by atoms with E-state index in [-0.39, 0.29) is 36.3 Å². The van der Waals surface area contributed by atoms with Crippen LogP contribution < -0.4 is 10.6 Å². The fourth-order valence-corrected chi connectivity index (χ4v) is 3.82. The van der Waals surface area contributed by atoms with Crippen molar-refractivity contribution in [1.29, 1.82) is 0 Å². The van der Waals surface area contributed by atoms with Crippen LogP contribution >= 0.6 is 0 Å². The van der Waals surface area contributed by atoms with E-state index in [9.17, 15) is 18.0 Å². The number of hydrogen-bond donors (Lipinski definition) is 3. The van der Waals surface area contributed by atoms with Gasteiger partial charge < -0.3 is 15.7 Å². The summed E-state index contributed by atoms with van der Waals surface area (Å²) >= 11 is 0. The maximum absolute atomic E-state index is 11.8. The average Bonchev–Trinajstić information content (AvgIpc) is 2.32. The van der Waals surface area contributed by atoms with E-state index in [1.165, 1.54) is 0 Å². The van der Waals surface area contributed by atoms with Gasteiger partial charge >= 0.3 is 5.97 Å². The predicted molar refractivity (Wildman–Crippen MR) is 78.7 cm³/mol. The third-order valence-corrected chi connectivity index (χ3v) is 5.12. The molecular weight excluding hydrogens is 296 g/mol. The largest absolute Gasteiger partial charge is 0.481 e. The summed E-state index contributed by atoms with van der Waals surface area (Å²) in [6, 6.07) is -0.392. The number of nitrogens with one attached hydrogen (secondary N) is 2. The Kier molecular flexibility index (Phi) is 6.60. The first-order valence-corrected chi connectivity index (χ1v) is 8.95. The number of rotatable bonds is 7. The minimum Gasteiger partial charge on any atom is -0.481 e. The zero-order chi connectivity index (χ0) is 16.0. The Bertz CT molecular complexity index is 475. The highest BCUT2D eigenvalue weighted by Crippen LogP contribution is 2.11. The van der Waals surface area contributed by atoms with Crippen molar-refractivity contribution in [2.75, 3.05) is 24.6 Å². The second kappa shape index (κ2) is 7.74. The van der Waals surface area contributed by atoms with E-state index in [1.807, 2.05) is 13.8 Å². The van der Waals surface area contributed by atoms with Crippen LogP contribution in [0.25, 0.3) is 0 Å². The second-order valence-corrected chi connectivity index (χ2v) is 8.17. The van der Waals surface area contributed by atoms with Crippen molar-refractivity contribution in [3.63, 3.8) is 0 Å². The van der Waals surface area contributed by atoms with Gasteiger partial charge in [-0.2, -0.15) is 0 Å². The van der Waals surface area contributed by atoms with Gasteiger partial charge in [0.15, 0.2) is 9.84 Å². The summed E-state index contributed by atoms with van der Waals surface area (Å²) < 4.78 is 22.9. The molecule has 3 N–H and O–H groups in total. The monoisotopic (exact) mass is 320 g/mol. The van der Waals surface area contributed by atoms with E-state index in [0.29, 0.717) is 13.0 Å². The average molecular weight is 320 g/mol. The molecule has 0 aromatic carbocycles. The molecule has 1 saturated heterocycles. The van der Waals surface area contributed by atoms with Crippen molar-refractivity contribution >= 4 is 21.7 Å². The lowest BCUT2D eigenvalue weighted by molar-refractivity contribution is -0.142. The van der Waals surface area contributed by atoms with Gasteiger partial charge in [-0.3, -0.25) is 9.59 Å². The normalized spacial score (nSPS) is 22.7. The van der Waals surface area contributed by atoms with E-state index < -0.39 is 27.8 Å². The highest BCUT2D eigenvalue weighted by Gasteiger charge is 2.26. The molecule has 2 atom stereocenters. The molecule has 122 valence electrons. The molecule has 21 heavy (non-hydrogen) atoms. The van der Waals surface area contributed by atoms with Gasteiger partial charge in [0, 0.05) is 25.6 Å². The van der Waals surface area contributed by atoms with Crippen LogP contribution in [0.1, 0.15) is 26.7 Å². The van der Waals surface area contributed by atoms with Crippen LogP contribution in [0, 0.1) is 11.8 Å². The van der Waals surface area contributed by atoms with Gasteiger partial charge in [-0.15, -0.1) is 0 Å². The summed E-state index contributed by atoms with van der Waals surface area (Å²) in [6.07, 6.45) is 0.541. The highest BCUT2D eigenvalue weighted by atomic mass is 32.2. The molecule has 1 aliphatic heterocycles. The van der Waals surface area contributed by atoms with Gasteiger partial charge in [0.2, 0.25) is 5.91 Å². The standard InChI is InChI=1S/C13H24N2O5S/c1-9(2)5-10(13(17)18)7-15-12(16)6-11-8-21(19,20)4-3-14-11/h9-11,14H,3-8H2,1-2H3,(H,15,16)(H,17,18). The van der Waals surface area contributed by atoms with Crippen molar-refractivity contribution in [3.8, 4) is 0 Å². The molecule has 0 radical (unpaired) electrons. The molecule has 7 nitrogen and oxygen atoms in total. The van der Waals surface area contributed by atoms with Crippen molar-refractivity contribution < 1.29 is 23.1 Å². The third-order valence-electron chi connectivity index (χ3n) is 3.38. The van der Waals surface area contributed by atoms with Crippen LogP contribution in [0.15, 0.2) is 0 Å². The molecule has 8 heteroatoms. The molecule has 1 amide bonds. The highest BCUT2D eigenvalue weighted by molar-refractivity contribution is 7.91. The van der Waals surface area contributed by atoms with Gasteiger partial charge in [-0.25, -0.2) is 8.42 Å². The second-order valence-electron chi connectivity index (χ2n) is 5.94. The van der Waals surface area contributed by atoms with Gasteiger partial charge in [-0.1, -0.05) is 13.8 Å². The molecule has 0 aromatic rings. The molecule has 0 saturated carbocycles. The van der Waals surface area contributed by atoms with Crippen LogP contribution in [-0.2, 0) is 19.4 Å². The molecule has 1 fully saturated rings. The Morgan fingerprint density at radius 2 is 2.05 bits per heavy atom. The van der Waals surface area contributed by atoms with Crippen LogP contribution in [-0.4, -0.2) is 56.0 Å². The van der Waals surface area contributed by atoms with Crippen molar-refractivity contribution in [2.45, 2.75) is 32.7 Å². The minimum absolute atomic E-state index is 0.0469. The lowest BCUT2D eigenvalue weighted by Crippen LogP contribution is -2.47. The summed E-state index contributed by atoms with van der Waals surface area (Å²) in [7, 11) is -3.07. The van der Waals surface area contributed by atoms with E-state index in [2.05, 4.69) is 10.6 Å². The molecule has 0 aliphatic carbocycles. The number of amides is 1. The van der Waals surface area contributed by atoms with Crippen molar-refractivity contribution in [3.05, 3.63) is 0 Å². The molecule has 1 heterocycles. The Morgan fingerprint density at radius 3 is 2.57 bits per heavy atom. The van der Waals surface area contributed by atoms with Crippen LogP contribution in [0.3, 0.4) is 0 Å². The van der Waals surface area contributed by atoms with Crippen LogP contribution in [0.4, 0.5) is 0 Å². The maximum Gasteiger partial charge on any atom is 0.308 e. The smallest absolute Gasteiger partial charge is 0.308 e. The fraction of sp³-hybridized carbons (Fsp3) is 0.846. The summed E-state index contributed by atoms with van der Waals surface area (Å²) in [5.41, 5.74) is 0. The lowest BCUT2D eigenvalue weighted by Gasteiger charge is -2.23. The number of carboxylic acids is 1. The van der Waals surface area contributed by atoms with Crippen LogP contribution in [0.2, 0.25) is 0 Å². The quantitative estimate of drug-likeness (QED) is 0.590. The molecule has 0 aromatic heterocycles. The van der Waals surface area contributed by atoms with Crippen LogP contribution in [0.5, 0.6) is 0 Å². The Balaban J connectivity index is 2.40. The Hall–Kier alpha value is -1.15. The van der Waals surface area contributed by atoms with E-state index in [1.54, 1.807) is 0 Å². The van der Waals surface area contributed by atoms with Gasteiger partial charge in [0.1, 0.15) is 0 Å². The number of carboxylic acid groups (broad SMARTS) is 1. The number of carbonyl (C=O) groups is 2. The van der Waals surface area contributed by atoms with Gasteiger partial charge in [0.05, 0.1) is 17.4 Å². The molecule has 1 rings (SSSR count). The number of aliphatic carboxylic acids is 1. The van der Waals surface area contributed by atoms with Crippen molar-refractivity contribution in [1.82, 2.24) is 10.6 Å². The summed E-state index contributed by atoms with van der Waals surface area (Å²) in [5.74, 6) is -1.58. The predicted octanol–water partition coefficient (Wildman–Crippen LogP) is -0.374. The Morgan fingerprint density at radius 1 is 1.38 bits per heavy atom. The number of hydrogen-bond acceptors (Lipinski definition) is 5. The third kappa shape index (κ3) is 6.90. The molecular formula is C13H24N2O5S. The van der Waals surface area contributed by atoms with Gasteiger partial charge in [0.25, 0.3) is 0 Å². The summed E-state index contributed by atoms with van der Waals surface area (Å²) in [4.78, 5) is 22.9. The van der Waals surface area contributed by atoms with Crippen molar-refractivity contribution in [2.24, 2.45) is 11.8 Å². The zero-order valence-electron chi connectivity index (χ0n) is 12.5. The number of carbonyl (C=O) groups excluding carboxylic acids is 1. The maximum atomic E-state index is 11.8. The minimum atomic E-state index is -3.07. The molecule has 0 bridgehead atoms. The topological polar surface area (TPSA) is 113 Å². The lowest BCUT2D eigenvalue weighted by atomic mass is 9.97. The van der Waals surface area contributed by atoms with Gasteiger partial charge in [-0.05, 0) is 12.3 Å². The number of sulfone groups is 1. The zero-order valence-corrected chi connectivity index (χ0v) is 13.3. The molecule has 1 aliphatic rings.